The van der Waals surface area contributed by atoms with Gasteiger partial charge in [0.05, 0.1) is 4.90 Å². The van der Waals surface area contributed by atoms with Gasteiger partial charge in [0.2, 0.25) is 10.0 Å². The maximum absolute atomic E-state index is 13.7. The molecule has 2 atom stereocenters. The zero-order chi connectivity index (χ0) is 22.9. The third-order valence-electron chi connectivity index (χ3n) is 5.36. The van der Waals surface area contributed by atoms with Gasteiger partial charge in [-0.25, -0.2) is 22.6 Å². The summed E-state index contributed by atoms with van der Waals surface area (Å²) in [5, 5.41) is 1.36. The second kappa shape index (κ2) is 9.14. The fraction of sp³-hybridized carbons (Fsp3) is 0.227. The second-order valence-electron chi connectivity index (χ2n) is 7.57. The van der Waals surface area contributed by atoms with Crippen LogP contribution in [-0.2, 0) is 21.4 Å². The highest BCUT2D eigenvalue weighted by Crippen LogP contribution is 2.30. The Labute approximate surface area is 190 Å². The molecular weight excluding hydrogens is 456 g/mol. The molecule has 1 amide bonds. The van der Waals surface area contributed by atoms with Crippen LogP contribution < -0.4 is 10.9 Å². The van der Waals surface area contributed by atoms with Gasteiger partial charge in [-0.15, -0.1) is 0 Å². The van der Waals surface area contributed by atoms with Gasteiger partial charge in [0.15, 0.2) is 0 Å². The van der Waals surface area contributed by atoms with Crippen molar-refractivity contribution in [1.29, 1.82) is 0 Å². The average molecular weight is 478 g/mol. The Morgan fingerprint density at radius 3 is 2.59 bits per heavy atom. The van der Waals surface area contributed by atoms with Gasteiger partial charge in [-0.1, -0.05) is 30.3 Å². The molecule has 0 saturated carbocycles. The van der Waals surface area contributed by atoms with Crippen LogP contribution in [-0.4, -0.2) is 36.5 Å². The minimum atomic E-state index is -3.96. The summed E-state index contributed by atoms with van der Waals surface area (Å²) < 4.78 is 54.8. The molecule has 0 spiro atoms. The highest BCUT2D eigenvalue weighted by atomic mass is 32.2. The van der Waals surface area contributed by atoms with E-state index in [-0.39, 0.29) is 35.2 Å². The van der Waals surface area contributed by atoms with Crippen LogP contribution in [0.2, 0.25) is 0 Å². The molecule has 168 valence electrons. The first kappa shape index (κ1) is 22.7. The highest BCUT2D eigenvalue weighted by molar-refractivity contribution is 7.89. The molecule has 10 heteroatoms. The summed E-state index contributed by atoms with van der Waals surface area (Å²) in [4.78, 5) is 12.8. The Hall–Kier alpha value is -2.53. The lowest BCUT2D eigenvalue weighted by Gasteiger charge is -2.23. The first-order valence-corrected chi connectivity index (χ1v) is 11.9. The Morgan fingerprint density at radius 2 is 1.81 bits per heavy atom. The summed E-state index contributed by atoms with van der Waals surface area (Å²) in [6.45, 7) is -0.0847. The number of benzene rings is 3. The number of hydrogen-bond donors (Lipinski definition) is 3. The summed E-state index contributed by atoms with van der Waals surface area (Å²) in [6, 6.07) is 14.2. The Kier molecular flexibility index (Phi) is 6.47. The van der Waals surface area contributed by atoms with E-state index in [0.717, 1.165) is 33.3 Å². The van der Waals surface area contributed by atoms with Gasteiger partial charge in [0, 0.05) is 23.9 Å². The number of sulfonamides is 1. The number of carbonyl (C=O) groups excluding carboxylic acids is 1. The van der Waals surface area contributed by atoms with Crippen LogP contribution in [0.5, 0.6) is 0 Å². The lowest BCUT2D eigenvalue weighted by atomic mass is 10.1. The van der Waals surface area contributed by atoms with Gasteiger partial charge < -0.3 is 0 Å². The molecule has 3 aromatic rings. The molecule has 0 aromatic heterocycles. The molecule has 0 radical (unpaired) electrons. The van der Waals surface area contributed by atoms with E-state index < -0.39 is 33.6 Å². The first-order chi connectivity index (χ1) is 15.3. The zero-order valence-electron chi connectivity index (χ0n) is 16.8. The van der Waals surface area contributed by atoms with Gasteiger partial charge >= 0.3 is 0 Å². The second-order valence-corrected chi connectivity index (χ2v) is 10.2. The Morgan fingerprint density at radius 1 is 1.06 bits per heavy atom. The summed E-state index contributed by atoms with van der Waals surface area (Å²) in [5.41, 5.74) is 4.98. The fourth-order valence-corrected chi connectivity index (χ4v) is 5.91. The summed E-state index contributed by atoms with van der Waals surface area (Å²) in [6.07, 6.45) is 0.220. The topological polar surface area (TPSA) is 78.5 Å². The summed E-state index contributed by atoms with van der Waals surface area (Å²) in [7, 11) is -3.96. The van der Waals surface area contributed by atoms with Gasteiger partial charge in [-0.05, 0) is 47.5 Å². The van der Waals surface area contributed by atoms with Gasteiger partial charge in [-0.3, -0.25) is 10.2 Å². The quantitative estimate of drug-likeness (QED) is 0.377. The van der Waals surface area contributed by atoms with Crippen LogP contribution in [0, 0.1) is 11.6 Å². The Bertz CT molecular complexity index is 1270. The van der Waals surface area contributed by atoms with Gasteiger partial charge in [-0.2, -0.15) is 16.9 Å². The average Bonchev–Trinajstić information content (AvgIpc) is 3.18. The molecule has 0 unspecified atom stereocenters. The van der Waals surface area contributed by atoms with Crippen molar-refractivity contribution in [2.75, 3.05) is 6.54 Å². The van der Waals surface area contributed by atoms with Gasteiger partial charge in [0.1, 0.15) is 17.7 Å². The van der Waals surface area contributed by atoms with Crippen molar-refractivity contribution in [3.05, 3.63) is 77.9 Å². The standard InChI is InChI=1S/C22H21F2N3O3S2/c23-17-6-8-20(24)16(9-17)12-25-26-22(28)21-11-18(31)13-27(21)32(29,30)19-7-5-14-3-1-2-4-15(14)10-19/h1-10,18,21,25,31H,11-13H2,(H,26,28)/t18-,21+/m1/s1. The lowest BCUT2D eigenvalue weighted by molar-refractivity contribution is -0.125. The molecule has 0 aliphatic carbocycles. The van der Waals surface area contributed by atoms with Crippen LogP contribution in [0.4, 0.5) is 8.78 Å². The van der Waals surface area contributed by atoms with Crippen molar-refractivity contribution in [3.8, 4) is 0 Å². The normalized spacial score (nSPS) is 19.3. The predicted molar refractivity (Wildman–Crippen MR) is 120 cm³/mol. The summed E-state index contributed by atoms with van der Waals surface area (Å²) >= 11 is 4.38. The molecule has 2 N–H and O–H groups in total. The lowest BCUT2D eigenvalue weighted by Crippen LogP contribution is -2.49. The van der Waals surface area contributed by atoms with E-state index in [2.05, 4.69) is 23.5 Å². The minimum Gasteiger partial charge on any atom is -0.290 e. The van der Waals surface area contributed by atoms with E-state index in [9.17, 15) is 22.0 Å². The van der Waals surface area contributed by atoms with Crippen molar-refractivity contribution >= 4 is 39.3 Å². The molecule has 1 fully saturated rings. The highest BCUT2D eigenvalue weighted by Gasteiger charge is 2.43. The van der Waals surface area contributed by atoms with E-state index in [1.807, 2.05) is 24.3 Å². The number of halogens is 2. The minimum absolute atomic E-state index is 0.0319. The summed E-state index contributed by atoms with van der Waals surface area (Å²) in [5.74, 6) is -1.82. The van der Waals surface area contributed by atoms with E-state index in [1.54, 1.807) is 12.1 Å². The number of rotatable bonds is 6. The molecule has 1 aliphatic rings. The van der Waals surface area contributed by atoms with Crippen molar-refractivity contribution in [2.24, 2.45) is 0 Å². The molecule has 4 rings (SSSR count). The molecule has 3 aromatic carbocycles. The van der Waals surface area contributed by atoms with E-state index in [1.165, 1.54) is 6.07 Å². The number of carbonyl (C=O) groups is 1. The van der Waals surface area contributed by atoms with Crippen molar-refractivity contribution in [1.82, 2.24) is 15.2 Å². The van der Waals surface area contributed by atoms with Gasteiger partial charge in [0.25, 0.3) is 5.91 Å². The first-order valence-electron chi connectivity index (χ1n) is 9.91. The van der Waals surface area contributed by atoms with Crippen LogP contribution in [0.3, 0.4) is 0 Å². The number of thiol groups is 1. The largest absolute Gasteiger partial charge is 0.290 e. The van der Waals surface area contributed by atoms with E-state index in [0.29, 0.717) is 0 Å². The number of hydrogen-bond acceptors (Lipinski definition) is 5. The van der Waals surface area contributed by atoms with Crippen LogP contribution in [0.15, 0.2) is 65.6 Å². The number of nitrogens with zero attached hydrogens (tertiary/aromatic N) is 1. The van der Waals surface area contributed by atoms with Crippen LogP contribution in [0.25, 0.3) is 10.8 Å². The fourth-order valence-electron chi connectivity index (χ4n) is 3.74. The molecule has 6 nitrogen and oxygen atoms in total. The number of amides is 1. The third kappa shape index (κ3) is 4.63. The molecule has 1 heterocycles. The Balaban J connectivity index is 1.50. The SMILES string of the molecule is O=C(NNCc1cc(F)ccc1F)[C@@H]1C[C@@H](S)CN1S(=O)(=O)c1ccc2ccccc2c1. The number of fused-ring (bicyclic) bond motifs is 1. The van der Waals surface area contributed by atoms with Crippen molar-refractivity contribution < 1.29 is 22.0 Å². The van der Waals surface area contributed by atoms with Crippen LogP contribution in [0.1, 0.15) is 12.0 Å². The molecule has 32 heavy (non-hydrogen) atoms. The third-order valence-corrected chi connectivity index (χ3v) is 7.61. The molecule has 1 saturated heterocycles. The van der Waals surface area contributed by atoms with Crippen LogP contribution >= 0.6 is 12.6 Å². The molecular formula is C22H21F2N3O3S2. The predicted octanol–water partition coefficient (Wildman–Crippen LogP) is 3.00. The van der Waals surface area contributed by atoms with E-state index >= 15 is 0 Å². The van der Waals surface area contributed by atoms with Crippen molar-refractivity contribution in [3.63, 3.8) is 0 Å². The number of hydrazine groups is 1. The molecule has 1 aliphatic heterocycles. The number of nitrogens with one attached hydrogen (secondary N) is 2. The molecule has 0 bridgehead atoms. The monoisotopic (exact) mass is 477 g/mol. The zero-order valence-corrected chi connectivity index (χ0v) is 18.5. The smallest absolute Gasteiger partial charge is 0.252 e. The van der Waals surface area contributed by atoms with E-state index in [4.69, 9.17) is 0 Å². The van der Waals surface area contributed by atoms with Crippen molar-refractivity contribution in [2.45, 2.75) is 29.2 Å². The maximum atomic E-state index is 13.7. The maximum Gasteiger partial charge on any atom is 0.252 e.